The molecule has 1 saturated carbocycles. The second kappa shape index (κ2) is 13.6. The first-order valence-corrected chi connectivity index (χ1v) is 14.2. The molecule has 1 heterocycles. The first-order chi connectivity index (χ1) is 18.5. The molecule has 5 nitrogen and oxygen atoms in total. The number of carbonyl (C=O) groups is 1. The van der Waals surface area contributed by atoms with Gasteiger partial charge in [-0.3, -0.25) is 0 Å². The summed E-state index contributed by atoms with van der Waals surface area (Å²) in [6, 6.07) is 24.9. The number of aromatic carboxylic acids is 1. The van der Waals surface area contributed by atoms with Gasteiger partial charge in [-0.25, -0.2) is 9.78 Å². The van der Waals surface area contributed by atoms with Crippen molar-refractivity contribution in [2.45, 2.75) is 51.1 Å². The number of nitrogens with zero attached hydrogens (tertiary/aromatic N) is 3. The summed E-state index contributed by atoms with van der Waals surface area (Å²) in [7, 11) is 4.15. The Morgan fingerprint density at radius 3 is 2.08 bits per heavy atom. The predicted octanol–water partition coefficient (Wildman–Crippen LogP) is 4.95. The first kappa shape index (κ1) is 29.3. The van der Waals surface area contributed by atoms with E-state index < -0.39 is 5.97 Å². The number of carboxylic acid groups (broad SMARTS) is 1. The van der Waals surface area contributed by atoms with Gasteiger partial charge in [0, 0.05) is 43.8 Å². The summed E-state index contributed by atoms with van der Waals surface area (Å²) >= 11 is 1.61. The molecule has 0 saturated heterocycles. The van der Waals surface area contributed by atoms with Crippen LogP contribution >= 0.6 is 11.3 Å². The Labute approximate surface area is 259 Å². The van der Waals surface area contributed by atoms with E-state index in [0.717, 1.165) is 34.4 Å². The van der Waals surface area contributed by atoms with Crippen molar-refractivity contribution in [3.63, 3.8) is 0 Å². The van der Waals surface area contributed by atoms with Crippen LogP contribution in [0.5, 0.6) is 0 Å². The van der Waals surface area contributed by atoms with E-state index in [1.165, 1.54) is 48.9 Å². The summed E-state index contributed by atoms with van der Waals surface area (Å²) in [5, 5.41) is 12.1. The fourth-order valence-electron chi connectivity index (χ4n) is 5.25. The van der Waals surface area contributed by atoms with Crippen LogP contribution in [0.4, 0.5) is 10.8 Å². The number of rotatable bonds is 9. The van der Waals surface area contributed by atoms with Crippen LogP contribution < -0.4 is 39.4 Å². The van der Waals surface area contributed by atoms with Crippen LogP contribution in [0.3, 0.4) is 0 Å². The van der Waals surface area contributed by atoms with Gasteiger partial charge in [0.25, 0.3) is 0 Å². The molecular weight excluding hydrogens is 513 g/mol. The zero-order valence-corrected chi connectivity index (χ0v) is 26.0. The Morgan fingerprint density at radius 2 is 1.46 bits per heavy atom. The van der Waals surface area contributed by atoms with Crippen molar-refractivity contribution in [3.8, 4) is 11.3 Å². The molecule has 5 rings (SSSR count). The van der Waals surface area contributed by atoms with Gasteiger partial charge in [0.1, 0.15) is 0 Å². The summed E-state index contributed by atoms with van der Waals surface area (Å²) in [4.78, 5) is 20.3. The number of thiazole rings is 1. The summed E-state index contributed by atoms with van der Waals surface area (Å²) in [5.41, 5.74) is 7.43. The molecule has 0 aliphatic heterocycles. The standard InChI is InChI=1S/C32H35N3O2S.Na.H/c1-34(20-23-8-12-26(13-9-23)25-6-4-3-5-7-25)29-18-16-27(17-19-29)30-22-38-32(33-30)35(2)21-24-10-14-28(15-11-24)31(36)37;;/h8-19,22,25H,3-7,20-21H2,1-2H3,(H,36,37);;/q;+1;-1. The maximum absolute atomic E-state index is 11.1. The summed E-state index contributed by atoms with van der Waals surface area (Å²) in [6.45, 7) is 1.54. The Hall–Kier alpha value is -2.64. The molecule has 1 aliphatic rings. The molecule has 1 aliphatic carbocycles. The van der Waals surface area contributed by atoms with Crippen LogP contribution in [0.15, 0.2) is 78.2 Å². The third-order valence-corrected chi connectivity index (χ3v) is 8.47. The van der Waals surface area contributed by atoms with Gasteiger partial charge in [-0.2, -0.15) is 0 Å². The molecule has 39 heavy (non-hydrogen) atoms. The maximum Gasteiger partial charge on any atom is 1.00 e. The number of anilines is 2. The first-order valence-electron chi connectivity index (χ1n) is 13.4. The van der Waals surface area contributed by atoms with Crippen LogP contribution in [-0.2, 0) is 13.1 Å². The zero-order chi connectivity index (χ0) is 26.5. The number of benzene rings is 3. The molecule has 198 valence electrons. The van der Waals surface area contributed by atoms with Crippen LogP contribution in [0, 0.1) is 0 Å². The van der Waals surface area contributed by atoms with Crippen LogP contribution in [0.25, 0.3) is 11.3 Å². The fraction of sp³-hybridized carbons (Fsp3) is 0.312. The van der Waals surface area contributed by atoms with Crippen molar-refractivity contribution in [2.75, 3.05) is 23.9 Å². The molecule has 1 N–H and O–H groups in total. The van der Waals surface area contributed by atoms with Crippen molar-refractivity contribution >= 4 is 28.1 Å². The summed E-state index contributed by atoms with van der Waals surface area (Å²) < 4.78 is 0. The van der Waals surface area contributed by atoms with Gasteiger partial charge in [0.15, 0.2) is 5.13 Å². The molecule has 0 bridgehead atoms. The van der Waals surface area contributed by atoms with Gasteiger partial charge in [-0.15, -0.1) is 11.3 Å². The maximum atomic E-state index is 11.1. The van der Waals surface area contributed by atoms with Gasteiger partial charge in [-0.1, -0.05) is 67.8 Å². The molecule has 7 heteroatoms. The average Bonchev–Trinajstić information content (AvgIpc) is 3.45. The van der Waals surface area contributed by atoms with Gasteiger partial charge < -0.3 is 16.3 Å². The van der Waals surface area contributed by atoms with E-state index in [0.29, 0.717) is 12.1 Å². The van der Waals surface area contributed by atoms with E-state index in [2.05, 4.69) is 70.8 Å². The van der Waals surface area contributed by atoms with E-state index in [-0.39, 0.29) is 31.0 Å². The molecule has 1 fully saturated rings. The quantitative estimate of drug-likeness (QED) is 0.300. The van der Waals surface area contributed by atoms with Gasteiger partial charge in [0.2, 0.25) is 0 Å². The smallest absolute Gasteiger partial charge is 1.00 e. The predicted molar refractivity (Wildman–Crippen MR) is 159 cm³/mol. The molecule has 4 aromatic rings. The third-order valence-electron chi connectivity index (χ3n) is 7.52. The molecule has 3 aromatic carbocycles. The number of aromatic nitrogens is 1. The molecule has 0 spiro atoms. The Bertz CT molecular complexity index is 1350. The van der Waals surface area contributed by atoms with Crippen molar-refractivity contribution < 1.29 is 40.9 Å². The van der Waals surface area contributed by atoms with Gasteiger partial charge in [0.05, 0.1) is 11.3 Å². The van der Waals surface area contributed by atoms with Crippen molar-refractivity contribution in [3.05, 3.63) is 100 Å². The minimum absolute atomic E-state index is 0. The van der Waals surface area contributed by atoms with Crippen LogP contribution in [0.1, 0.15) is 66.5 Å². The second-order valence-electron chi connectivity index (χ2n) is 10.4. The fourth-order valence-corrected chi connectivity index (χ4v) is 6.05. The second-order valence-corrected chi connectivity index (χ2v) is 11.2. The molecule has 0 radical (unpaired) electrons. The van der Waals surface area contributed by atoms with Crippen molar-refractivity contribution in [1.29, 1.82) is 0 Å². The van der Waals surface area contributed by atoms with Crippen LogP contribution in [-0.4, -0.2) is 30.2 Å². The molecule has 1 aromatic heterocycles. The average molecular weight is 550 g/mol. The minimum atomic E-state index is -0.907. The van der Waals surface area contributed by atoms with E-state index in [1.807, 2.05) is 19.2 Å². The topological polar surface area (TPSA) is 56.7 Å². The molecule has 0 atom stereocenters. The van der Waals surface area contributed by atoms with Crippen molar-refractivity contribution in [1.82, 2.24) is 4.98 Å². The largest absolute Gasteiger partial charge is 1.00 e. The zero-order valence-electron chi connectivity index (χ0n) is 24.1. The molecular formula is C32H36N3NaO2S. The monoisotopic (exact) mass is 549 g/mol. The Morgan fingerprint density at radius 1 is 0.872 bits per heavy atom. The Kier molecular flexibility index (Phi) is 10.2. The summed E-state index contributed by atoms with van der Waals surface area (Å²) in [5.74, 6) is -0.158. The van der Waals surface area contributed by atoms with Gasteiger partial charge in [-0.05, 0) is 59.7 Å². The third kappa shape index (κ3) is 7.52. The van der Waals surface area contributed by atoms with E-state index in [1.54, 1.807) is 23.5 Å². The van der Waals surface area contributed by atoms with Gasteiger partial charge >= 0.3 is 35.5 Å². The minimum Gasteiger partial charge on any atom is -1.00 e. The SMILES string of the molecule is CN(Cc1ccc(C2CCCCC2)cc1)c1ccc(-c2csc(N(C)Cc3ccc(C(=O)O)cc3)n2)cc1.[H-].[Na+]. The van der Waals surface area contributed by atoms with E-state index in [9.17, 15) is 4.79 Å². The van der Waals surface area contributed by atoms with E-state index >= 15 is 0 Å². The summed E-state index contributed by atoms with van der Waals surface area (Å²) in [6.07, 6.45) is 6.81. The Balaban J connectivity index is 0.00000220. The normalized spacial score (nSPS) is 13.5. The number of hydrogen-bond acceptors (Lipinski definition) is 5. The number of hydrogen-bond donors (Lipinski definition) is 1. The number of carboxylic acids is 1. The van der Waals surface area contributed by atoms with Crippen LogP contribution in [0.2, 0.25) is 0 Å². The molecule has 0 amide bonds. The van der Waals surface area contributed by atoms with E-state index in [4.69, 9.17) is 10.1 Å². The molecule has 0 unspecified atom stereocenters. The van der Waals surface area contributed by atoms with Crippen molar-refractivity contribution in [2.24, 2.45) is 0 Å².